The molecule has 0 aromatic heterocycles. The zero-order valence-electron chi connectivity index (χ0n) is 7.26. The Labute approximate surface area is 84.0 Å². The summed E-state index contributed by atoms with van der Waals surface area (Å²) in [5.41, 5.74) is 2.77. The van der Waals surface area contributed by atoms with Crippen LogP contribution in [0.2, 0.25) is 0 Å². The van der Waals surface area contributed by atoms with E-state index in [4.69, 9.17) is 0 Å². The predicted octanol–water partition coefficient (Wildman–Crippen LogP) is 1.90. The molecule has 0 spiro atoms. The molecule has 3 atom stereocenters. The molecule has 0 saturated heterocycles. The van der Waals surface area contributed by atoms with Crippen LogP contribution >= 0.6 is 26.8 Å². The summed E-state index contributed by atoms with van der Waals surface area (Å²) in [7, 11) is 5.07. The van der Waals surface area contributed by atoms with Gasteiger partial charge in [-0.05, 0) is 21.4 Å². The van der Waals surface area contributed by atoms with Crippen molar-refractivity contribution in [1.82, 2.24) is 5.09 Å². The van der Waals surface area contributed by atoms with E-state index in [1.54, 1.807) is 0 Å². The van der Waals surface area contributed by atoms with E-state index in [9.17, 15) is 4.79 Å². The van der Waals surface area contributed by atoms with Gasteiger partial charge in [-0.1, -0.05) is 14.5 Å². The topological polar surface area (TPSA) is 38.3 Å². The highest BCUT2D eigenvalue weighted by molar-refractivity contribution is 8.01. The van der Waals surface area contributed by atoms with Crippen LogP contribution in [-0.4, -0.2) is 5.97 Å². The van der Waals surface area contributed by atoms with Crippen molar-refractivity contribution in [3.63, 3.8) is 0 Å². The minimum absolute atomic E-state index is 0.274. The van der Waals surface area contributed by atoms with Crippen LogP contribution in [0.3, 0.4) is 0 Å². The molecule has 0 saturated carbocycles. The van der Waals surface area contributed by atoms with Gasteiger partial charge in [-0.2, -0.15) is 0 Å². The second-order valence-corrected chi connectivity index (χ2v) is 4.37. The van der Waals surface area contributed by atoms with Crippen molar-refractivity contribution < 1.29 is 9.32 Å². The van der Waals surface area contributed by atoms with Crippen molar-refractivity contribution in [1.29, 1.82) is 0 Å². The largest absolute Gasteiger partial charge is 0.448 e. The molecule has 1 aliphatic carbocycles. The number of hydrogen-bond acceptors (Lipinski definition) is 3. The third-order valence-electron chi connectivity index (χ3n) is 1.73. The average Bonchev–Trinajstić information content (AvgIpc) is 2.46. The van der Waals surface area contributed by atoms with E-state index >= 15 is 0 Å². The molecule has 3 unspecified atom stereocenters. The van der Waals surface area contributed by atoms with Crippen LogP contribution < -0.4 is 5.09 Å². The van der Waals surface area contributed by atoms with Gasteiger partial charge in [0.2, 0.25) is 0 Å². The highest BCUT2D eigenvalue weighted by Gasteiger charge is 2.20. The lowest BCUT2D eigenvalue weighted by molar-refractivity contribution is -0.129. The molecular formula is C7H12NO2P3. The van der Waals surface area contributed by atoms with Gasteiger partial charge in [0.25, 0.3) is 0 Å². The first-order valence-electron chi connectivity index (χ1n) is 3.72. The van der Waals surface area contributed by atoms with E-state index in [2.05, 4.69) is 18.5 Å². The molecule has 6 heteroatoms. The highest BCUT2D eigenvalue weighted by Crippen LogP contribution is 2.28. The Morgan fingerprint density at radius 2 is 2.46 bits per heavy atom. The molecule has 0 amide bonds. The van der Waals surface area contributed by atoms with Crippen molar-refractivity contribution in [2.45, 2.75) is 13.3 Å². The first kappa shape index (κ1) is 11.1. The molecule has 0 bridgehead atoms. The average molecular weight is 235 g/mol. The van der Waals surface area contributed by atoms with Gasteiger partial charge < -0.3 is 9.61 Å². The Balaban J connectivity index is 2.82. The number of rotatable bonds is 3. The molecular weight excluding hydrogens is 223 g/mol. The van der Waals surface area contributed by atoms with Crippen molar-refractivity contribution in [3.05, 3.63) is 22.9 Å². The molecule has 13 heavy (non-hydrogen) atoms. The first-order valence-corrected chi connectivity index (χ1v) is 7.00. The Morgan fingerprint density at radius 1 is 1.77 bits per heavy atom. The number of hydrogen-bond donors (Lipinski definition) is 1. The minimum atomic E-state index is -0.274. The normalized spacial score (nSPS) is 16.7. The molecule has 0 aliphatic heterocycles. The van der Waals surface area contributed by atoms with Crippen LogP contribution in [0.1, 0.15) is 13.3 Å². The fourth-order valence-corrected chi connectivity index (χ4v) is 2.19. The van der Waals surface area contributed by atoms with E-state index in [0.29, 0.717) is 20.4 Å². The molecule has 0 radical (unpaired) electrons. The molecule has 0 aromatic carbocycles. The Morgan fingerprint density at radius 3 is 3.00 bits per heavy atom. The Bertz CT molecular complexity index is 285. The summed E-state index contributed by atoms with van der Waals surface area (Å²) >= 11 is 0. The summed E-state index contributed by atoms with van der Waals surface area (Å²) in [5, 5.41) is 3.12. The van der Waals surface area contributed by atoms with Gasteiger partial charge in [0.15, 0.2) is 0 Å². The van der Waals surface area contributed by atoms with E-state index in [1.165, 1.54) is 5.57 Å². The van der Waals surface area contributed by atoms with Crippen molar-refractivity contribution in [2.24, 2.45) is 0 Å². The molecule has 1 aliphatic rings. The van der Waals surface area contributed by atoms with E-state index < -0.39 is 0 Å². The van der Waals surface area contributed by atoms with Crippen molar-refractivity contribution >= 4 is 32.8 Å². The predicted molar refractivity (Wildman–Crippen MR) is 62.4 cm³/mol. The zero-order chi connectivity index (χ0) is 9.84. The smallest absolute Gasteiger partial charge is 0.338 e. The third kappa shape index (κ3) is 2.74. The SMILES string of the molecule is CC1=CC(NPP)=C(C(=O)OP)C1. The molecule has 0 aromatic rings. The lowest BCUT2D eigenvalue weighted by atomic mass is 10.2. The Hall–Kier alpha value is 0.0400. The van der Waals surface area contributed by atoms with Crippen LogP contribution in [0, 0.1) is 0 Å². The summed E-state index contributed by atoms with van der Waals surface area (Å²) in [6, 6.07) is 0. The molecule has 0 fully saturated rings. The van der Waals surface area contributed by atoms with Gasteiger partial charge in [-0.15, -0.1) is 0 Å². The number of carbonyl (C=O) groups is 1. The zero-order valence-corrected chi connectivity index (χ0v) is 10.6. The monoisotopic (exact) mass is 235 g/mol. The quantitative estimate of drug-likeness (QED) is 0.759. The summed E-state index contributed by atoms with van der Waals surface area (Å²) in [6.07, 6.45) is 2.67. The van der Waals surface area contributed by atoms with Crippen LogP contribution in [-0.2, 0) is 9.32 Å². The first-order chi connectivity index (χ1) is 6.19. The van der Waals surface area contributed by atoms with Crippen LogP contribution in [0.15, 0.2) is 22.9 Å². The van der Waals surface area contributed by atoms with Gasteiger partial charge in [0, 0.05) is 12.1 Å². The molecule has 0 heterocycles. The minimum Gasteiger partial charge on any atom is -0.448 e. The second-order valence-electron chi connectivity index (χ2n) is 2.73. The van der Waals surface area contributed by atoms with Gasteiger partial charge in [-0.3, -0.25) is 0 Å². The van der Waals surface area contributed by atoms with E-state index in [-0.39, 0.29) is 5.97 Å². The lowest BCUT2D eigenvalue weighted by Gasteiger charge is -2.05. The number of carbonyl (C=O) groups excluding carboxylic acids is 1. The summed E-state index contributed by atoms with van der Waals surface area (Å²) < 4.78 is 4.60. The number of nitrogens with one attached hydrogen (secondary N) is 1. The van der Waals surface area contributed by atoms with Gasteiger partial charge >= 0.3 is 5.97 Å². The summed E-state index contributed by atoms with van der Waals surface area (Å²) in [4.78, 5) is 11.3. The van der Waals surface area contributed by atoms with Gasteiger partial charge in [-0.25, -0.2) is 4.79 Å². The van der Waals surface area contributed by atoms with Gasteiger partial charge in [0.1, 0.15) is 0 Å². The fourth-order valence-electron chi connectivity index (χ4n) is 1.20. The van der Waals surface area contributed by atoms with Crippen LogP contribution in [0.5, 0.6) is 0 Å². The van der Waals surface area contributed by atoms with E-state index in [1.807, 2.05) is 22.5 Å². The van der Waals surface area contributed by atoms with Gasteiger partial charge in [0.05, 0.1) is 15.0 Å². The highest BCUT2D eigenvalue weighted by atomic mass is 32.0. The molecule has 72 valence electrons. The molecule has 1 rings (SSSR count). The third-order valence-corrected chi connectivity index (χ3v) is 2.79. The fraction of sp³-hybridized carbons (Fsp3) is 0.286. The van der Waals surface area contributed by atoms with Crippen LogP contribution in [0.25, 0.3) is 0 Å². The summed E-state index contributed by atoms with van der Waals surface area (Å²) in [5.74, 6) is -0.274. The standard InChI is InChI=1S/C7H12NO2P3/c1-4-2-5(7(9)10-11)6(3-4)8-13-12/h3,8,13H,2,11-12H2,1H3. The maximum atomic E-state index is 11.3. The van der Waals surface area contributed by atoms with Crippen molar-refractivity contribution in [3.8, 4) is 0 Å². The maximum Gasteiger partial charge on any atom is 0.338 e. The van der Waals surface area contributed by atoms with E-state index in [0.717, 1.165) is 5.70 Å². The Kier molecular flexibility index (Phi) is 4.32. The second kappa shape index (κ2) is 5.05. The maximum absolute atomic E-state index is 11.3. The molecule has 3 nitrogen and oxygen atoms in total. The number of allylic oxidation sites excluding steroid dienone is 2. The molecule has 1 N–H and O–H groups in total. The summed E-state index contributed by atoms with van der Waals surface area (Å²) in [6.45, 7) is 2.00. The lowest BCUT2D eigenvalue weighted by Crippen LogP contribution is -2.07. The van der Waals surface area contributed by atoms with Crippen molar-refractivity contribution in [2.75, 3.05) is 0 Å². The van der Waals surface area contributed by atoms with Crippen LogP contribution in [0.4, 0.5) is 0 Å².